The summed E-state index contributed by atoms with van der Waals surface area (Å²) < 4.78 is 15.3. The normalized spacial score (nSPS) is 11.1. The van der Waals surface area contributed by atoms with Gasteiger partial charge >= 0.3 is 0 Å². The van der Waals surface area contributed by atoms with E-state index in [0.717, 1.165) is 22.0 Å². The summed E-state index contributed by atoms with van der Waals surface area (Å²) in [5.74, 6) is -0.144. The average molecular weight is 394 g/mol. The number of fused-ring (bicyclic) bond motifs is 2. The van der Waals surface area contributed by atoms with E-state index >= 15 is 0 Å². The molecule has 30 heavy (non-hydrogen) atoms. The Morgan fingerprint density at radius 2 is 1.80 bits per heavy atom. The van der Waals surface area contributed by atoms with Crippen LogP contribution in [0.15, 0.2) is 60.9 Å². The zero-order valence-electron chi connectivity index (χ0n) is 16.0. The van der Waals surface area contributed by atoms with Gasteiger partial charge < -0.3 is 5.73 Å². The maximum absolute atomic E-state index is 13.5. The van der Waals surface area contributed by atoms with E-state index in [0.29, 0.717) is 22.6 Å². The molecule has 0 unspecified atom stereocenters. The van der Waals surface area contributed by atoms with Crippen LogP contribution in [0.1, 0.15) is 11.3 Å². The van der Waals surface area contributed by atoms with Gasteiger partial charge in [-0.1, -0.05) is 6.07 Å². The molecule has 5 rings (SSSR count). The fourth-order valence-electron chi connectivity index (χ4n) is 3.64. The van der Waals surface area contributed by atoms with Crippen LogP contribution in [0.5, 0.6) is 0 Å². The summed E-state index contributed by atoms with van der Waals surface area (Å²) in [7, 11) is 0. The van der Waals surface area contributed by atoms with Crippen molar-refractivity contribution in [3.8, 4) is 28.6 Å². The van der Waals surface area contributed by atoms with Gasteiger partial charge in [0.2, 0.25) is 0 Å². The van der Waals surface area contributed by atoms with Gasteiger partial charge in [0.05, 0.1) is 16.9 Å². The number of rotatable bonds is 2. The van der Waals surface area contributed by atoms with Gasteiger partial charge in [0, 0.05) is 28.9 Å². The van der Waals surface area contributed by atoms with Gasteiger partial charge in [-0.05, 0) is 55.0 Å². The number of hydrogen-bond donors (Lipinski definition) is 1. The minimum absolute atomic E-state index is 0.193. The van der Waals surface area contributed by atoms with E-state index in [1.54, 1.807) is 28.9 Å². The summed E-state index contributed by atoms with van der Waals surface area (Å²) in [6.07, 6.45) is 3.41. The van der Waals surface area contributed by atoms with E-state index in [2.05, 4.69) is 21.0 Å². The molecule has 0 aliphatic rings. The fraction of sp³-hybridized carbons (Fsp3) is 0.0435. The number of benzene rings is 2. The number of pyridine rings is 1. The number of nitriles is 1. The maximum atomic E-state index is 13.5. The van der Waals surface area contributed by atoms with Crippen LogP contribution in [0.3, 0.4) is 0 Å². The third-order valence-corrected chi connectivity index (χ3v) is 5.10. The van der Waals surface area contributed by atoms with Gasteiger partial charge in [-0.15, -0.1) is 0 Å². The quantitative estimate of drug-likeness (QED) is 0.475. The average Bonchev–Trinajstić information content (AvgIpc) is 3.19. The number of hydrogen-bond acceptors (Lipinski definition) is 5. The summed E-state index contributed by atoms with van der Waals surface area (Å²) in [6, 6.07) is 16.0. The first-order chi connectivity index (χ1) is 14.5. The van der Waals surface area contributed by atoms with Crippen molar-refractivity contribution in [3.05, 3.63) is 78.0 Å². The molecule has 0 fully saturated rings. The lowest BCUT2D eigenvalue weighted by Crippen LogP contribution is -2.03. The molecule has 144 valence electrons. The summed E-state index contributed by atoms with van der Waals surface area (Å²) in [5.41, 5.74) is 11.6. The molecule has 0 saturated heterocycles. The van der Waals surface area contributed by atoms with Crippen LogP contribution in [-0.2, 0) is 0 Å². The Balaban J connectivity index is 1.89. The minimum atomic E-state index is -0.337. The van der Waals surface area contributed by atoms with Crippen molar-refractivity contribution in [3.63, 3.8) is 0 Å². The minimum Gasteiger partial charge on any atom is -0.381 e. The largest absolute Gasteiger partial charge is 0.381 e. The third kappa shape index (κ3) is 2.74. The molecule has 0 aliphatic carbocycles. The smallest absolute Gasteiger partial charge is 0.181 e. The number of halogens is 1. The lowest BCUT2D eigenvalue weighted by molar-refractivity contribution is 0.628. The highest BCUT2D eigenvalue weighted by Crippen LogP contribution is 2.35. The van der Waals surface area contributed by atoms with Gasteiger partial charge in [-0.3, -0.25) is 9.38 Å². The van der Waals surface area contributed by atoms with E-state index < -0.39 is 0 Å². The molecule has 3 aromatic heterocycles. The van der Waals surface area contributed by atoms with Gasteiger partial charge in [0.25, 0.3) is 0 Å². The predicted molar refractivity (Wildman–Crippen MR) is 113 cm³/mol. The first-order valence-corrected chi connectivity index (χ1v) is 9.25. The molecule has 0 bridgehead atoms. The standard InChI is InChI=1S/C23H15FN6/c1-13-8-9-27-19-7-4-15(10-18(13)19)21-20(14-2-5-16(24)6-3-14)29-22(26)23-28-17(11-25)12-30(21)23/h2-10,12H,1H3,(H2,26,29). The lowest BCUT2D eigenvalue weighted by atomic mass is 10.0. The fourth-order valence-corrected chi connectivity index (χ4v) is 3.64. The molecule has 6 nitrogen and oxygen atoms in total. The van der Waals surface area contributed by atoms with Gasteiger partial charge in [0.15, 0.2) is 17.2 Å². The highest BCUT2D eigenvalue weighted by molar-refractivity contribution is 5.90. The molecule has 0 amide bonds. The van der Waals surface area contributed by atoms with Gasteiger partial charge in [-0.25, -0.2) is 14.4 Å². The number of aromatic nitrogens is 4. The van der Waals surface area contributed by atoms with E-state index in [1.807, 2.05) is 31.2 Å². The molecule has 0 radical (unpaired) electrons. The molecule has 0 spiro atoms. The number of nitrogen functional groups attached to an aromatic ring is 1. The molecule has 0 saturated carbocycles. The first-order valence-electron chi connectivity index (χ1n) is 9.25. The zero-order chi connectivity index (χ0) is 20.8. The van der Waals surface area contributed by atoms with Crippen LogP contribution in [0.4, 0.5) is 10.2 Å². The van der Waals surface area contributed by atoms with Gasteiger partial charge in [-0.2, -0.15) is 5.26 Å². The van der Waals surface area contributed by atoms with E-state index in [-0.39, 0.29) is 17.3 Å². The lowest BCUT2D eigenvalue weighted by Gasteiger charge is -2.14. The Morgan fingerprint density at radius 3 is 2.57 bits per heavy atom. The molecule has 0 aliphatic heterocycles. The Bertz CT molecular complexity index is 1480. The Kier molecular flexibility index (Phi) is 3.93. The second-order valence-electron chi connectivity index (χ2n) is 6.99. The first kappa shape index (κ1) is 17.8. The van der Waals surface area contributed by atoms with Crippen molar-refractivity contribution in [1.82, 2.24) is 19.4 Å². The third-order valence-electron chi connectivity index (χ3n) is 5.10. The molecular formula is C23H15FN6. The summed E-state index contributed by atoms with van der Waals surface area (Å²) >= 11 is 0. The topological polar surface area (TPSA) is 92.9 Å². The monoisotopic (exact) mass is 394 g/mol. The zero-order valence-corrected chi connectivity index (χ0v) is 16.0. The van der Waals surface area contributed by atoms with Crippen molar-refractivity contribution in [1.29, 1.82) is 5.26 Å². The molecule has 0 atom stereocenters. The molecule has 2 aromatic carbocycles. The molecule has 2 N–H and O–H groups in total. The molecule has 7 heteroatoms. The van der Waals surface area contributed by atoms with E-state index in [4.69, 9.17) is 5.73 Å². The molecule has 5 aromatic rings. The van der Waals surface area contributed by atoms with Crippen molar-refractivity contribution >= 4 is 22.4 Å². The van der Waals surface area contributed by atoms with Crippen LogP contribution >= 0.6 is 0 Å². The summed E-state index contributed by atoms with van der Waals surface area (Å²) in [5, 5.41) is 10.4. The van der Waals surface area contributed by atoms with E-state index in [9.17, 15) is 9.65 Å². The second kappa shape index (κ2) is 6.64. The number of anilines is 1. The van der Waals surface area contributed by atoms with Crippen molar-refractivity contribution < 1.29 is 4.39 Å². The van der Waals surface area contributed by atoms with E-state index in [1.165, 1.54) is 12.1 Å². The number of nitrogens with two attached hydrogens (primary N) is 1. The second-order valence-corrected chi connectivity index (χ2v) is 6.99. The van der Waals surface area contributed by atoms with Crippen LogP contribution < -0.4 is 5.73 Å². The highest BCUT2D eigenvalue weighted by Gasteiger charge is 2.19. The number of aryl methyl sites for hydroxylation is 1. The molecule has 3 heterocycles. The number of imidazole rings is 1. The van der Waals surface area contributed by atoms with Crippen LogP contribution in [-0.4, -0.2) is 19.4 Å². The SMILES string of the molecule is Cc1ccnc2ccc(-c3c(-c4ccc(F)cc4)nc(N)c4nc(C#N)cn34)cc12. The summed E-state index contributed by atoms with van der Waals surface area (Å²) in [4.78, 5) is 13.3. The number of nitrogens with zero attached hydrogens (tertiary/aromatic N) is 5. The van der Waals surface area contributed by atoms with Crippen LogP contribution in [0, 0.1) is 24.1 Å². The summed E-state index contributed by atoms with van der Waals surface area (Å²) in [6.45, 7) is 2.02. The highest BCUT2D eigenvalue weighted by atomic mass is 19.1. The predicted octanol–water partition coefficient (Wildman–Crippen LogP) is 4.51. The molecular weight excluding hydrogens is 379 g/mol. The van der Waals surface area contributed by atoms with Crippen molar-refractivity contribution in [2.24, 2.45) is 0 Å². The maximum Gasteiger partial charge on any atom is 0.181 e. The van der Waals surface area contributed by atoms with Crippen LogP contribution in [0.25, 0.3) is 39.1 Å². The van der Waals surface area contributed by atoms with Gasteiger partial charge in [0.1, 0.15) is 11.9 Å². The Hall–Kier alpha value is -4.31. The Morgan fingerprint density at radius 1 is 1.03 bits per heavy atom. The van der Waals surface area contributed by atoms with Crippen molar-refractivity contribution in [2.45, 2.75) is 6.92 Å². The Labute approximate surface area is 171 Å². The van der Waals surface area contributed by atoms with Crippen LogP contribution in [0.2, 0.25) is 0 Å². The van der Waals surface area contributed by atoms with Crippen molar-refractivity contribution in [2.75, 3.05) is 5.73 Å².